The van der Waals surface area contributed by atoms with E-state index in [1.54, 1.807) is 19.1 Å². The van der Waals surface area contributed by atoms with Crippen LogP contribution in [0.3, 0.4) is 0 Å². The summed E-state index contributed by atoms with van der Waals surface area (Å²) >= 11 is 0. The number of rotatable bonds is 9. The third kappa shape index (κ3) is 5.79. The minimum atomic E-state index is -3.79. The Hall–Kier alpha value is -3.15. The first-order valence-electron chi connectivity index (χ1n) is 12.3. The maximum atomic E-state index is 15.1. The van der Waals surface area contributed by atoms with E-state index in [0.717, 1.165) is 33.0 Å². The molecule has 0 radical (unpaired) electrons. The summed E-state index contributed by atoms with van der Waals surface area (Å²) in [5.41, 5.74) is -2.74. The Morgan fingerprint density at radius 1 is 1.21 bits per heavy atom. The number of benzene rings is 2. The van der Waals surface area contributed by atoms with Crippen LogP contribution in [0.4, 0.5) is 19.0 Å². The van der Waals surface area contributed by atoms with Gasteiger partial charge in [-0.15, -0.1) is 0 Å². The quantitative estimate of drug-likeness (QED) is 0.421. The lowest BCUT2D eigenvalue weighted by molar-refractivity contribution is -0.170. The molecule has 2 heterocycles. The van der Waals surface area contributed by atoms with Crippen molar-refractivity contribution in [3.63, 3.8) is 0 Å². The molecule has 1 aromatic heterocycles. The molecule has 1 unspecified atom stereocenters. The molecule has 2 aromatic carbocycles. The summed E-state index contributed by atoms with van der Waals surface area (Å²) in [6.07, 6.45) is -0.0988. The van der Waals surface area contributed by atoms with E-state index >= 15 is 4.39 Å². The first-order valence-corrected chi connectivity index (χ1v) is 12.3. The largest absolute Gasteiger partial charge is 0.493 e. The second-order valence-electron chi connectivity index (χ2n) is 9.97. The molecule has 8 nitrogen and oxygen atoms in total. The molecular weight excluding hydrogens is 501 g/mol. The van der Waals surface area contributed by atoms with Crippen molar-refractivity contribution in [2.24, 2.45) is 0 Å². The number of anilines is 1. The summed E-state index contributed by atoms with van der Waals surface area (Å²) in [7, 11) is 3.55. The van der Waals surface area contributed by atoms with Gasteiger partial charge in [-0.3, -0.25) is 0 Å². The van der Waals surface area contributed by atoms with Crippen LogP contribution in [-0.2, 0) is 17.2 Å². The maximum absolute atomic E-state index is 15.1. The number of aliphatic hydroxyl groups is 1. The van der Waals surface area contributed by atoms with Crippen molar-refractivity contribution in [1.29, 1.82) is 0 Å². The zero-order chi connectivity index (χ0) is 27.7. The molecule has 11 heteroatoms. The number of methoxy groups -OCH3 is 1. The Kier molecular flexibility index (Phi) is 8.01. The van der Waals surface area contributed by atoms with E-state index in [-0.39, 0.29) is 18.2 Å². The number of fused-ring (bicyclic) bond motifs is 1. The maximum Gasteiger partial charge on any atom is 0.303 e. The van der Waals surface area contributed by atoms with Gasteiger partial charge in [0.15, 0.2) is 11.5 Å². The van der Waals surface area contributed by atoms with Gasteiger partial charge in [0, 0.05) is 36.7 Å². The lowest BCUT2D eigenvalue weighted by atomic mass is 9.92. The highest BCUT2D eigenvalue weighted by Gasteiger charge is 2.49. The monoisotopic (exact) mass is 534 g/mol. The number of ether oxygens (including phenoxy) is 3. The predicted octanol–water partition coefficient (Wildman–Crippen LogP) is 4.27. The summed E-state index contributed by atoms with van der Waals surface area (Å²) < 4.78 is 61.9. The molecule has 2 N–H and O–H groups in total. The minimum absolute atomic E-state index is 0.000562. The van der Waals surface area contributed by atoms with Crippen LogP contribution < -0.4 is 14.8 Å². The van der Waals surface area contributed by atoms with Crippen molar-refractivity contribution in [2.45, 2.75) is 44.9 Å². The Balaban J connectivity index is 1.62. The lowest BCUT2D eigenvalue weighted by Crippen LogP contribution is -2.42. The summed E-state index contributed by atoms with van der Waals surface area (Å²) in [5, 5.41) is 13.5. The van der Waals surface area contributed by atoms with Gasteiger partial charge in [0.1, 0.15) is 35.8 Å². The number of likely N-dealkylation sites (N-methyl/N-ethyl adjacent to an activating group) is 1. The van der Waals surface area contributed by atoms with Crippen LogP contribution in [0.1, 0.15) is 30.8 Å². The molecule has 1 aliphatic heterocycles. The van der Waals surface area contributed by atoms with Gasteiger partial charge in [-0.2, -0.15) is 8.78 Å². The molecule has 1 atom stereocenters. The number of morpholine rings is 1. The third-order valence-corrected chi connectivity index (χ3v) is 6.49. The van der Waals surface area contributed by atoms with Crippen molar-refractivity contribution >= 4 is 16.7 Å². The SMILES string of the molecule is COc1cc2nc(C)nc(NCc3cccc(C(F)(F)C(C)(C)O)c3F)c2cc1OCC1CN(C)CCO1. The second kappa shape index (κ2) is 10.9. The van der Waals surface area contributed by atoms with Gasteiger partial charge >= 0.3 is 5.92 Å². The zero-order valence-corrected chi connectivity index (χ0v) is 22.1. The molecule has 38 heavy (non-hydrogen) atoms. The number of aromatic nitrogens is 2. The molecule has 206 valence electrons. The lowest BCUT2D eigenvalue weighted by Gasteiger charge is -2.30. The number of hydrogen-bond donors (Lipinski definition) is 2. The van der Waals surface area contributed by atoms with E-state index < -0.39 is 22.9 Å². The number of alkyl halides is 2. The fourth-order valence-corrected chi connectivity index (χ4v) is 4.28. The Labute approximate surface area is 219 Å². The summed E-state index contributed by atoms with van der Waals surface area (Å²) in [5.74, 6) is -3.09. The summed E-state index contributed by atoms with van der Waals surface area (Å²) in [4.78, 5) is 11.1. The fourth-order valence-electron chi connectivity index (χ4n) is 4.28. The average molecular weight is 535 g/mol. The topological polar surface area (TPSA) is 89.0 Å². The standard InChI is InChI=1S/C27H33F3N4O4/c1-16-32-21-12-22(36-5)23(38-15-18-14-34(4)9-10-37-18)11-19(21)25(33-16)31-13-17-7-6-8-20(24(17)28)27(29,30)26(2,3)35/h6-8,11-12,18,35H,9-10,13-15H2,1-5H3,(H,31,32,33). The van der Waals surface area contributed by atoms with Gasteiger partial charge < -0.3 is 29.5 Å². The van der Waals surface area contributed by atoms with Crippen LogP contribution in [0.15, 0.2) is 30.3 Å². The third-order valence-electron chi connectivity index (χ3n) is 6.49. The Morgan fingerprint density at radius 3 is 2.66 bits per heavy atom. The van der Waals surface area contributed by atoms with Gasteiger partial charge in [0.05, 0.1) is 24.8 Å². The van der Waals surface area contributed by atoms with Crippen LogP contribution in [0.2, 0.25) is 0 Å². The summed E-state index contributed by atoms with van der Waals surface area (Å²) in [6.45, 7) is 6.01. The van der Waals surface area contributed by atoms with Crippen LogP contribution in [0.25, 0.3) is 10.9 Å². The first-order chi connectivity index (χ1) is 17.9. The predicted molar refractivity (Wildman–Crippen MR) is 137 cm³/mol. The zero-order valence-electron chi connectivity index (χ0n) is 22.1. The van der Waals surface area contributed by atoms with Crippen molar-refractivity contribution in [3.05, 3.63) is 53.1 Å². The van der Waals surface area contributed by atoms with Gasteiger partial charge in [-0.1, -0.05) is 12.1 Å². The van der Waals surface area contributed by atoms with Crippen LogP contribution >= 0.6 is 0 Å². The van der Waals surface area contributed by atoms with Crippen LogP contribution in [0.5, 0.6) is 11.5 Å². The van der Waals surface area contributed by atoms with E-state index in [4.69, 9.17) is 14.2 Å². The number of aryl methyl sites for hydroxylation is 1. The van der Waals surface area contributed by atoms with Gasteiger partial charge in [0.25, 0.3) is 0 Å². The highest BCUT2D eigenvalue weighted by molar-refractivity contribution is 5.91. The van der Waals surface area contributed by atoms with E-state index in [1.807, 2.05) is 7.05 Å². The van der Waals surface area contributed by atoms with Crippen molar-refractivity contribution in [2.75, 3.05) is 45.8 Å². The van der Waals surface area contributed by atoms with E-state index in [2.05, 4.69) is 20.2 Å². The molecule has 0 aliphatic carbocycles. The Morgan fingerprint density at radius 2 is 1.97 bits per heavy atom. The molecule has 1 saturated heterocycles. The number of halogens is 3. The van der Waals surface area contributed by atoms with Crippen LogP contribution in [-0.4, -0.2) is 72.1 Å². The van der Waals surface area contributed by atoms with E-state index in [0.29, 0.717) is 47.3 Å². The van der Waals surface area contributed by atoms with Gasteiger partial charge in [-0.25, -0.2) is 14.4 Å². The molecule has 0 bridgehead atoms. The first kappa shape index (κ1) is 27.9. The number of nitrogens with one attached hydrogen (secondary N) is 1. The average Bonchev–Trinajstić information content (AvgIpc) is 2.85. The molecule has 0 spiro atoms. The van der Waals surface area contributed by atoms with E-state index in [9.17, 15) is 13.9 Å². The second-order valence-corrected chi connectivity index (χ2v) is 9.97. The highest BCUT2D eigenvalue weighted by Crippen LogP contribution is 2.40. The smallest absolute Gasteiger partial charge is 0.303 e. The number of hydrogen-bond acceptors (Lipinski definition) is 8. The van der Waals surface area contributed by atoms with Gasteiger partial charge in [0.2, 0.25) is 0 Å². The van der Waals surface area contributed by atoms with Gasteiger partial charge in [-0.05, 0) is 40.0 Å². The molecule has 1 aliphatic rings. The Bertz CT molecular complexity index is 1300. The fraction of sp³-hybridized carbons (Fsp3) is 0.481. The number of nitrogens with zero attached hydrogens (tertiary/aromatic N) is 3. The van der Waals surface area contributed by atoms with Crippen LogP contribution in [0, 0.1) is 12.7 Å². The molecule has 3 aromatic rings. The summed E-state index contributed by atoms with van der Waals surface area (Å²) in [6, 6.07) is 7.17. The molecule has 0 amide bonds. The molecule has 4 rings (SSSR count). The minimum Gasteiger partial charge on any atom is -0.493 e. The molecular formula is C27H33F3N4O4. The van der Waals surface area contributed by atoms with Crippen molar-refractivity contribution in [1.82, 2.24) is 14.9 Å². The normalized spacial score (nSPS) is 17.0. The highest BCUT2D eigenvalue weighted by atomic mass is 19.3. The molecule has 0 saturated carbocycles. The van der Waals surface area contributed by atoms with Crippen molar-refractivity contribution in [3.8, 4) is 11.5 Å². The van der Waals surface area contributed by atoms with E-state index in [1.165, 1.54) is 19.2 Å². The molecule has 1 fully saturated rings. The van der Waals surface area contributed by atoms with Crippen molar-refractivity contribution < 1.29 is 32.5 Å².